The molecule has 0 heterocycles. The fourth-order valence-corrected chi connectivity index (χ4v) is 1.78. The summed E-state index contributed by atoms with van der Waals surface area (Å²) >= 11 is 0. The van der Waals surface area contributed by atoms with Crippen LogP contribution in [0.1, 0.15) is 34.1 Å². The first kappa shape index (κ1) is 11.9. The molecule has 1 unspecified atom stereocenters. The van der Waals surface area contributed by atoms with Gasteiger partial charge in [0.1, 0.15) is 0 Å². The van der Waals surface area contributed by atoms with Crippen LogP contribution in [0.3, 0.4) is 0 Å². The summed E-state index contributed by atoms with van der Waals surface area (Å²) in [6.07, 6.45) is 1.23. The molecule has 0 aromatic carbocycles. The third-order valence-corrected chi connectivity index (χ3v) is 2.41. The molecule has 0 saturated carbocycles. The monoisotopic (exact) mass is 172 g/mol. The van der Waals surface area contributed by atoms with Crippen molar-refractivity contribution in [3.63, 3.8) is 0 Å². The van der Waals surface area contributed by atoms with E-state index in [1.54, 1.807) is 0 Å². The lowest BCUT2D eigenvalue weighted by molar-refractivity contribution is 0.156. The lowest BCUT2D eigenvalue weighted by Crippen LogP contribution is -2.44. The fraction of sp³-hybridized carbons (Fsp3) is 1.00. The summed E-state index contributed by atoms with van der Waals surface area (Å²) in [5.74, 6) is 0. The van der Waals surface area contributed by atoms with E-state index < -0.39 is 0 Å². The van der Waals surface area contributed by atoms with Crippen LogP contribution in [0.5, 0.6) is 0 Å². The van der Waals surface area contributed by atoms with Crippen LogP contribution >= 0.6 is 0 Å². The van der Waals surface area contributed by atoms with E-state index in [0.29, 0.717) is 12.1 Å². The lowest BCUT2D eigenvalue weighted by Gasteiger charge is -2.33. The maximum Gasteiger partial charge on any atom is 0.0220 e. The van der Waals surface area contributed by atoms with Crippen LogP contribution in [-0.2, 0) is 0 Å². The minimum absolute atomic E-state index is 0.660. The van der Waals surface area contributed by atoms with Gasteiger partial charge in [0.05, 0.1) is 0 Å². The second kappa shape index (κ2) is 6.44. The second-order valence-electron chi connectivity index (χ2n) is 3.54. The van der Waals surface area contributed by atoms with Gasteiger partial charge in [-0.15, -0.1) is 0 Å². The highest BCUT2D eigenvalue weighted by molar-refractivity contribution is 4.73. The third-order valence-electron chi connectivity index (χ3n) is 2.41. The van der Waals surface area contributed by atoms with Gasteiger partial charge in [0, 0.05) is 18.6 Å². The molecule has 0 spiro atoms. The standard InChI is InChI=1S/C10H24N2/c1-6-10(8-11-5)12(7-2)9(3)4/h9-11H,6-8H2,1-5H3. The average Bonchev–Trinajstić information content (AvgIpc) is 2.03. The molecule has 0 amide bonds. The first-order valence-electron chi connectivity index (χ1n) is 5.07. The molecule has 0 bridgehead atoms. The Morgan fingerprint density at radius 1 is 1.25 bits per heavy atom. The van der Waals surface area contributed by atoms with Crippen molar-refractivity contribution in [2.45, 2.75) is 46.2 Å². The summed E-state index contributed by atoms with van der Waals surface area (Å²) in [4.78, 5) is 2.54. The Morgan fingerprint density at radius 3 is 2.08 bits per heavy atom. The van der Waals surface area contributed by atoms with Gasteiger partial charge in [-0.2, -0.15) is 0 Å². The van der Waals surface area contributed by atoms with Gasteiger partial charge in [0.2, 0.25) is 0 Å². The van der Waals surface area contributed by atoms with E-state index in [1.165, 1.54) is 6.42 Å². The second-order valence-corrected chi connectivity index (χ2v) is 3.54. The molecule has 0 aliphatic heterocycles. The molecule has 12 heavy (non-hydrogen) atoms. The van der Waals surface area contributed by atoms with Gasteiger partial charge in [-0.05, 0) is 33.9 Å². The van der Waals surface area contributed by atoms with Crippen molar-refractivity contribution < 1.29 is 0 Å². The van der Waals surface area contributed by atoms with E-state index in [1.807, 2.05) is 7.05 Å². The van der Waals surface area contributed by atoms with Gasteiger partial charge in [-0.1, -0.05) is 13.8 Å². The van der Waals surface area contributed by atoms with Gasteiger partial charge >= 0.3 is 0 Å². The fourth-order valence-electron chi connectivity index (χ4n) is 1.78. The molecule has 0 aliphatic rings. The summed E-state index contributed by atoms with van der Waals surface area (Å²) in [6.45, 7) is 11.3. The van der Waals surface area contributed by atoms with E-state index in [2.05, 4.69) is 37.9 Å². The molecule has 1 N–H and O–H groups in total. The zero-order valence-electron chi connectivity index (χ0n) is 9.22. The van der Waals surface area contributed by atoms with E-state index >= 15 is 0 Å². The zero-order valence-corrected chi connectivity index (χ0v) is 9.22. The zero-order chi connectivity index (χ0) is 9.56. The smallest absolute Gasteiger partial charge is 0.0220 e. The highest BCUT2D eigenvalue weighted by Gasteiger charge is 2.16. The summed E-state index contributed by atoms with van der Waals surface area (Å²) in [6, 6.07) is 1.35. The molecular formula is C10H24N2. The lowest BCUT2D eigenvalue weighted by atomic mass is 10.1. The summed E-state index contributed by atoms with van der Waals surface area (Å²) in [5.41, 5.74) is 0. The van der Waals surface area contributed by atoms with Crippen LogP contribution in [-0.4, -0.2) is 37.1 Å². The molecule has 2 nitrogen and oxygen atoms in total. The van der Waals surface area contributed by atoms with Crippen molar-refractivity contribution in [3.8, 4) is 0 Å². The number of hydrogen-bond donors (Lipinski definition) is 1. The molecule has 0 aromatic heterocycles. The Morgan fingerprint density at radius 2 is 1.83 bits per heavy atom. The highest BCUT2D eigenvalue weighted by atomic mass is 15.2. The topological polar surface area (TPSA) is 15.3 Å². The van der Waals surface area contributed by atoms with E-state index in [9.17, 15) is 0 Å². The van der Waals surface area contributed by atoms with Gasteiger partial charge in [-0.3, -0.25) is 4.90 Å². The largest absolute Gasteiger partial charge is 0.318 e. The molecule has 1 atom stereocenters. The summed E-state index contributed by atoms with van der Waals surface area (Å²) in [5, 5.41) is 3.25. The Bertz CT molecular complexity index is 102. The van der Waals surface area contributed by atoms with Gasteiger partial charge in [0.25, 0.3) is 0 Å². The maximum atomic E-state index is 3.25. The molecular weight excluding hydrogens is 148 g/mol. The van der Waals surface area contributed by atoms with E-state index in [4.69, 9.17) is 0 Å². The number of nitrogens with zero attached hydrogens (tertiary/aromatic N) is 1. The first-order valence-corrected chi connectivity index (χ1v) is 5.07. The SMILES string of the molecule is CCC(CNC)N(CC)C(C)C. The Balaban J connectivity index is 4.02. The van der Waals surface area contributed by atoms with Crippen LogP contribution in [0.2, 0.25) is 0 Å². The molecule has 0 fully saturated rings. The number of nitrogens with one attached hydrogen (secondary N) is 1. The normalized spacial score (nSPS) is 14.2. The van der Waals surface area contributed by atoms with Crippen molar-refractivity contribution in [1.29, 1.82) is 0 Å². The minimum Gasteiger partial charge on any atom is -0.318 e. The summed E-state index contributed by atoms with van der Waals surface area (Å²) < 4.78 is 0. The van der Waals surface area contributed by atoms with Crippen LogP contribution < -0.4 is 5.32 Å². The number of rotatable bonds is 6. The average molecular weight is 172 g/mol. The van der Waals surface area contributed by atoms with Crippen LogP contribution in [0.15, 0.2) is 0 Å². The molecule has 74 valence electrons. The Hall–Kier alpha value is -0.0800. The third kappa shape index (κ3) is 3.55. The Labute approximate surface area is 77.3 Å². The molecule has 0 rings (SSSR count). The minimum atomic E-state index is 0.660. The van der Waals surface area contributed by atoms with Crippen LogP contribution in [0, 0.1) is 0 Å². The number of hydrogen-bond acceptors (Lipinski definition) is 2. The first-order chi connectivity index (χ1) is 5.67. The van der Waals surface area contributed by atoms with Crippen LogP contribution in [0.25, 0.3) is 0 Å². The van der Waals surface area contributed by atoms with Crippen molar-refractivity contribution in [2.75, 3.05) is 20.1 Å². The maximum absolute atomic E-state index is 3.25. The van der Waals surface area contributed by atoms with Crippen molar-refractivity contribution in [2.24, 2.45) is 0 Å². The van der Waals surface area contributed by atoms with Crippen molar-refractivity contribution in [1.82, 2.24) is 10.2 Å². The van der Waals surface area contributed by atoms with Gasteiger partial charge in [0.15, 0.2) is 0 Å². The molecule has 2 heteroatoms. The summed E-state index contributed by atoms with van der Waals surface area (Å²) in [7, 11) is 2.02. The predicted octanol–water partition coefficient (Wildman–Crippen LogP) is 1.71. The Kier molecular flexibility index (Phi) is 6.39. The predicted molar refractivity (Wildman–Crippen MR) is 55.5 cm³/mol. The highest BCUT2D eigenvalue weighted by Crippen LogP contribution is 2.07. The van der Waals surface area contributed by atoms with E-state index in [-0.39, 0.29) is 0 Å². The van der Waals surface area contributed by atoms with Gasteiger partial charge in [-0.25, -0.2) is 0 Å². The molecule has 0 radical (unpaired) electrons. The molecule has 0 aliphatic carbocycles. The number of likely N-dealkylation sites (N-methyl/N-ethyl adjacent to an activating group) is 2. The van der Waals surface area contributed by atoms with Crippen molar-refractivity contribution in [3.05, 3.63) is 0 Å². The van der Waals surface area contributed by atoms with Crippen LogP contribution in [0.4, 0.5) is 0 Å². The van der Waals surface area contributed by atoms with Gasteiger partial charge < -0.3 is 5.32 Å². The van der Waals surface area contributed by atoms with Crippen molar-refractivity contribution >= 4 is 0 Å². The van der Waals surface area contributed by atoms with E-state index in [0.717, 1.165) is 13.1 Å². The molecule has 0 aromatic rings. The quantitative estimate of drug-likeness (QED) is 0.656. The molecule has 0 saturated heterocycles.